The zero-order valence-electron chi connectivity index (χ0n) is 11.3. The third kappa shape index (κ3) is 4.94. The smallest absolute Gasteiger partial charge is 0.315 e. The number of urea groups is 1. The number of nitrogens with one attached hydrogen (secondary N) is 2. The van der Waals surface area contributed by atoms with Crippen LogP contribution < -0.4 is 10.6 Å². The molecule has 0 aliphatic heterocycles. The average molecular weight is 242 g/mol. The van der Waals surface area contributed by atoms with Crippen LogP contribution in [0.15, 0.2) is 0 Å². The Morgan fingerprint density at radius 2 is 1.82 bits per heavy atom. The summed E-state index contributed by atoms with van der Waals surface area (Å²) in [6.45, 7) is 6.60. The van der Waals surface area contributed by atoms with Crippen molar-refractivity contribution in [3.05, 3.63) is 0 Å². The topological polar surface area (TPSA) is 61.4 Å². The maximum absolute atomic E-state index is 11.7. The van der Waals surface area contributed by atoms with Gasteiger partial charge in [-0.05, 0) is 33.6 Å². The van der Waals surface area contributed by atoms with Gasteiger partial charge in [-0.3, -0.25) is 0 Å². The van der Waals surface area contributed by atoms with Crippen LogP contribution in [0.1, 0.15) is 52.9 Å². The Kier molecular flexibility index (Phi) is 4.80. The summed E-state index contributed by atoms with van der Waals surface area (Å²) in [4.78, 5) is 11.7. The zero-order chi connectivity index (χ0) is 12.9. The van der Waals surface area contributed by atoms with Crippen LogP contribution in [0.3, 0.4) is 0 Å². The van der Waals surface area contributed by atoms with Crippen molar-refractivity contribution in [2.24, 2.45) is 5.41 Å². The lowest BCUT2D eigenvalue weighted by Gasteiger charge is -2.36. The fourth-order valence-corrected chi connectivity index (χ4v) is 2.35. The lowest BCUT2D eigenvalue weighted by Crippen LogP contribution is -2.50. The van der Waals surface area contributed by atoms with Gasteiger partial charge in [-0.15, -0.1) is 0 Å². The summed E-state index contributed by atoms with van der Waals surface area (Å²) in [7, 11) is 0. The summed E-state index contributed by atoms with van der Waals surface area (Å²) < 4.78 is 0. The predicted octanol–water partition coefficient (Wildman–Crippen LogP) is 2.03. The maximum Gasteiger partial charge on any atom is 0.315 e. The summed E-state index contributed by atoms with van der Waals surface area (Å²) in [6.07, 6.45) is 5.58. The van der Waals surface area contributed by atoms with E-state index in [9.17, 15) is 9.90 Å². The molecule has 1 aliphatic rings. The molecule has 1 fully saturated rings. The Bertz CT molecular complexity index is 253. The quantitative estimate of drug-likeness (QED) is 0.709. The van der Waals surface area contributed by atoms with Gasteiger partial charge in [0.1, 0.15) is 0 Å². The zero-order valence-corrected chi connectivity index (χ0v) is 11.3. The standard InChI is InChI=1S/C13H26N2O2/c1-12(2,3)15-11(17)14-9-13(10-16)7-5-4-6-8-13/h16H,4-10H2,1-3H3,(H2,14,15,17). The first-order chi connectivity index (χ1) is 7.87. The molecule has 1 aliphatic carbocycles. The second-order valence-corrected chi connectivity index (χ2v) is 6.28. The van der Waals surface area contributed by atoms with E-state index < -0.39 is 0 Å². The highest BCUT2D eigenvalue weighted by molar-refractivity contribution is 5.74. The van der Waals surface area contributed by atoms with Gasteiger partial charge in [-0.25, -0.2) is 4.79 Å². The highest BCUT2D eigenvalue weighted by Gasteiger charge is 2.31. The van der Waals surface area contributed by atoms with E-state index in [0.29, 0.717) is 6.54 Å². The molecule has 0 aromatic heterocycles. The van der Waals surface area contributed by atoms with E-state index in [-0.39, 0.29) is 23.6 Å². The van der Waals surface area contributed by atoms with Gasteiger partial charge in [0.05, 0.1) is 6.61 Å². The number of aliphatic hydroxyl groups is 1. The molecular formula is C13H26N2O2. The van der Waals surface area contributed by atoms with E-state index in [0.717, 1.165) is 25.7 Å². The fourth-order valence-electron chi connectivity index (χ4n) is 2.35. The molecule has 1 saturated carbocycles. The normalized spacial score (nSPS) is 19.8. The second kappa shape index (κ2) is 5.71. The number of aliphatic hydroxyl groups excluding tert-OH is 1. The number of rotatable bonds is 3. The average Bonchev–Trinajstić information content (AvgIpc) is 2.25. The summed E-state index contributed by atoms with van der Waals surface area (Å²) >= 11 is 0. The number of carbonyl (C=O) groups is 1. The van der Waals surface area contributed by atoms with Gasteiger partial charge in [-0.1, -0.05) is 19.3 Å². The van der Waals surface area contributed by atoms with Gasteiger partial charge in [0.25, 0.3) is 0 Å². The van der Waals surface area contributed by atoms with Crippen molar-refractivity contribution in [2.45, 2.75) is 58.4 Å². The third-order valence-electron chi connectivity index (χ3n) is 3.36. The molecule has 0 aromatic rings. The Morgan fingerprint density at radius 1 is 1.24 bits per heavy atom. The second-order valence-electron chi connectivity index (χ2n) is 6.28. The SMILES string of the molecule is CC(C)(C)NC(=O)NCC1(CO)CCCCC1. The monoisotopic (exact) mass is 242 g/mol. The van der Waals surface area contributed by atoms with Crippen molar-refractivity contribution in [2.75, 3.05) is 13.2 Å². The van der Waals surface area contributed by atoms with Gasteiger partial charge >= 0.3 is 6.03 Å². The van der Waals surface area contributed by atoms with E-state index in [1.807, 2.05) is 20.8 Å². The predicted molar refractivity (Wildman–Crippen MR) is 68.9 cm³/mol. The van der Waals surface area contributed by atoms with Crippen LogP contribution in [-0.2, 0) is 0 Å². The Morgan fingerprint density at radius 3 is 2.29 bits per heavy atom. The molecule has 3 N–H and O–H groups in total. The molecule has 100 valence electrons. The van der Waals surface area contributed by atoms with Crippen LogP contribution in [-0.4, -0.2) is 29.8 Å². The first kappa shape index (κ1) is 14.3. The minimum atomic E-state index is -0.219. The number of hydrogen-bond acceptors (Lipinski definition) is 2. The third-order valence-corrected chi connectivity index (χ3v) is 3.36. The van der Waals surface area contributed by atoms with Gasteiger partial charge in [0.2, 0.25) is 0 Å². The molecule has 0 atom stereocenters. The van der Waals surface area contributed by atoms with E-state index in [1.54, 1.807) is 0 Å². The molecule has 2 amide bonds. The lowest BCUT2D eigenvalue weighted by atomic mass is 9.74. The summed E-state index contributed by atoms with van der Waals surface area (Å²) in [5, 5.41) is 15.3. The molecule has 0 spiro atoms. The van der Waals surface area contributed by atoms with Crippen molar-refractivity contribution in [3.8, 4) is 0 Å². The largest absolute Gasteiger partial charge is 0.396 e. The molecule has 0 heterocycles. The van der Waals surface area contributed by atoms with Gasteiger partial charge < -0.3 is 15.7 Å². The fraction of sp³-hybridized carbons (Fsp3) is 0.923. The van der Waals surface area contributed by atoms with Crippen molar-refractivity contribution in [3.63, 3.8) is 0 Å². The lowest BCUT2D eigenvalue weighted by molar-refractivity contribution is 0.0832. The number of amides is 2. The van der Waals surface area contributed by atoms with E-state index in [1.165, 1.54) is 6.42 Å². The highest BCUT2D eigenvalue weighted by Crippen LogP contribution is 2.35. The minimum absolute atomic E-state index is 0.0898. The Hall–Kier alpha value is -0.770. The van der Waals surface area contributed by atoms with Crippen molar-refractivity contribution in [1.82, 2.24) is 10.6 Å². The highest BCUT2D eigenvalue weighted by atomic mass is 16.3. The molecule has 0 radical (unpaired) electrons. The molecule has 0 unspecified atom stereocenters. The first-order valence-corrected chi connectivity index (χ1v) is 6.54. The Balaban J connectivity index is 2.39. The molecule has 17 heavy (non-hydrogen) atoms. The van der Waals surface area contributed by atoms with E-state index >= 15 is 0 Å². The van der Waals surface area contributed by atoms with Crippen LogP contribution in [0.25, 0.3) is 0 Å². The first-order valence-electron chi connectivity index (χ1n) is 6.54. The number of carbonyl (C=O) groups excluding carboxylic acids is 1. The Labute approximate surface area is 104 Å². The molecule has 0 aromatic carbocycles. The summed E-state index contributed by atoms with van der Waals surface area (Å²) in [6, 6.07) is -0.143. The molecule has 0 saturated heterocycles. The van der Waals surface area contributed by atoms with E-state index in [2.05, 4.69) is 10.6 Å². The summed E-state index contributed by atoms with van der Waals surface area (Å²) in [5.74, 6) is 0. The van der Waals surface area contributed by atoms with Crippen LogP contribution in [0.5, 0.6) is 0 Å². The van der Waals surface area contributed by atoms with Gasteiger partial charge in [-0.2, -0.15) is 0 Å². The molecule has 0 bridgehead atoms. The van der Waals surface area contributed by atoms with Gasteiger partial charge in [0.15, 0.2) is 0 Å². The number of hydrogen-bond donors (Lipinski definition) is 3. The summed E-state index contributed by atoms with van der Waals surface area (Å²) in [5.41, 5.74) is -0.309. The van der Waals surface area contributed by atoms with Crippen LogP contribution in [0, 0.1) is 5.41 Å². The maximum atomic E-state index is 11.7. The molecule has 4 nitrogen and oxygen atoms in total. The van der Waals surface area contributed by atoms with Crippen LogP contribution in [0.2, 0.25) is 0 Å². The van der Waals surface area contributed by atoms with Crippen LogP contribution >= 0.6 is 0 Å². The molecule has 1 rings (SSSR count). The van der Waals surface area contributed by atoms with Crippen molar-refractivity contribution < 1.29 is 9.90 Å². The van der Waals surface area contributed by atoms with Crippen molar-refractivity contribution >= 4 is 6.03 Å². The molecule has 4 heteroatoms. The van der Waals surface area contributed by atoms with E-state index in [4.69, 9.17) is 0 Å². The van der Waals surface area contributed by atoms with Crippen molar-refractivity contribution in [1.29, 1.82) is 0 Å². The minimum Gasteiger partial charge on any atom is -0.396 e. The van der Waals surface area contributed by atoms with Crippen LogP contribution in [0.4, 0.5) is 4.79 Å². The molecular weight excluding hydrogens is 216 g/mol. The van der Waals surface area contributed by atoms with Gasteiger partial charge in [0, 0.05) is 17.5 Å².